The van der Waals surface area contributed by atoms with Gasteiger partial charge in [-0.2, -0.15) is 0 Å². The number of aryl methyl sites for hydroxylation is 1. The predicted octanol–water partition coefficient (Wildman–Crippen LogP) is 2.80. The average Bonchev–Trinajstić information content (AvgIpc) is 3.17. The molecule has 0 unspecified atom stereocenters. The van der Waals surface area contributed by atoms with Crippen molar-refractivity contribution in [1.29, 1.82) is 0 Å². The van der Waals surface area contributed by atoms with Crippen LogP contribution in [0.3, 0.4) is 0 Å². The van der Waals surface area contributed by atoms with Gasteiger partial charge in [-0.1, -0.05) is 6.07 Å². The lowest BCUT2D eigenvalue weighted by molar-refractivity contribution is 0.224. The van der Waals surface area contributed by atoms with E-state index in [0.717, 1.165) is 5.69 Å². The first-order chi connectivity index (χ1) is 10.7. The van der Waals surface area contributed by atoms with E-state index < -0.39 is 0 Å². The fourth-order valence-corrected chi connectivity index (χ4v) is 3.48. The molecule has 114 valence electrons. The molecule has 0 amide bonds. The minimum Gasteiger partial charge on any atom is -0.344 e. The molecule has 1 aliphatic heterocycles. The number of hydrogen-bond acceptors (Lipinski definition) is 3. The van der Waals surface area contributed by atoms with Crippen LogP contribution in [0.4, 0.5) is 0 Å². The molecule has 1 aromatic carbocycles. The van der Waals surface area contributed by atoms with Gasteiger partial charge in [0.1, 0.15) is 12.7 Å². The lowest BCUT2D eigenvalue weighted by atomic mass is 10.1. The number of aromatic nitrogens is 4. The maximum absolute atomic E-state index is 3.91. The second-order valence-electron chi connectivity index (χ2n) is 6.32. The molecule has 5 heteroatoms. The molecule has 3 aromatic rings. The summed E-state index contributed by atoms with van der Waals surface area (Å²) in [4.78, 5) is 2.41. The Morgan fingerprint density at radius 1 is 1.09 bits per heavy atom. The zero-order chi connectivity index (χ0) is 15.1. The molecule has 0 saturated carbocycles. The smallest absolute Gasteiger partial charge is 0.123 e. The molecule has 0 aliphatic carbocycles. The highest BCUT2D eigenvalue weighted by molar-refractivity contribution is 5.85. The van der Waals surface area contributed by atoms with Gasteiger partial charge in [0.2, 0.25) is 0 Å². The van der Waals surface area contributed by atoms with E-state index in [2.05, 4.69) is 58.0 Å². The van der Waals surface area contributed by atoms with Crippen molar-refractivity contribution in [3.8, 4) is 5.69 Å². The Balaban J connectivity index is 1.79. The van der Waals surface area contributed by atoms with Gasteiger partial charge in [-0.05, 0) is 57.6 Å². The van der Waals surface area contributed by atoms with Gasteiger partial charge in [-0.15, -0.1) is 10.2 Å². The van der Waals surface area contributed by atoms with Crippen molar-refractivity contribution in [2.75, 3.05) is 20.1 Å². The number of fused-ring (bicyclic) bond motifs is 1. The molecule has 4 rings (SSSR count). The average molecular weight is 295 g/mol. The van der Waals surface area contributed by atoms with E-state index in [-0.39, 0.29) is 0 Å². The first-order valence-electron chi connectivity index (χ1n) is 7.87. The van der Waals surface area contributed by atoms with Crippen LogP contribution in [-0.2, 0) is 0 Å². The van der Waals surface area contributed by atoms with E-state index in [1.165, 1.54) is 42.4 Å². The Kier molecular flexibility index (Phi) is 3.22. The van der Waals surface area contributed by atoms with Crippen LogP contribution in [0.15, 0.2) is 37.1 Å². The Bertz CT molecular complexity index is 779. The quantitative estimate of drug-likeness (QED) is 0.730. The number of rotatable bonds is 2. The molecule has 1 aliphatic rings. The van der Waals surface area contributed by atoms with Crippen LogP contribution >= 0.6 is 0 Å². The third kappa shape index (κ3) is 2.22. The minimum absolute atomic E-state index is 0.601. The molecule has 1 fully saturated rings. The lowest BCUT2D eigenvalue weighted by Crippen LogP contribution is -2.31. The lowest BCUT2D eigenvalue weighted by Gasteiger charge is -2.30. The van der Waals surface area contributed by atoms with E-state index in [1.807, 2.05) is 4.57 Å². The van der Waals surface area contributed by atoms with Crippen molar-refractivity contribution in [2.45, 2.75) is 25.8 Å². The van der Waals surface area contributed by atoms with Crippen molar-refractivity contribution in [3.05, 3.63) is 42.6 Å². The summed E-state index contributed by atoms with van der Waals surface area (Å²) in [5, 5.41) is 9.15. The molecular weight excluding hydrogens is 274 g/mol. The molecular formula is C17H21N5. The van der Waals surface area contributed by atoms with Gasteiger partial charge in [-0.3, -0.25) is 4.57 Å². The van der Waals surface area contributed by atoms with Gasteiger partial charge >= 0.3 is 0 Å². The Morgan fingerprint density at radius 2 is 1.82 bits per heavy atom. The van der Waals surface area contributed by atoms with Crippen molar-refractivity contribution in [1.82, 2.24) is 24.2 Å². The first kappa shape index (κ1) is 13.5. The normalized spacial score (nSPS) is 17.4. The van der Waals surface area contributed by atoms with Gasteiger partial charge in [-0.25, -0.2) is 0 Å². The molecule has 1 saturated heterocycles. The van der Waals surface area contributed by atoms with Crippen molar-refractivity contribution >= 4 is 10.9 Å². The highest BCUT2D eigenvalue weighted by atomic mass is 15.2. The molecule has 0 radical (unpaired) electrons. The number of piperidine rings is 1. The maximum atomic E-state index is 3.91. The van der Waals surface area contributed by atoms with E-state index in [0.29, 0.717) is 6.04 Å². The van der Waals surface area contributed by atoms with Crippen LogP contribution < -0.4 is 0 Å². The highest BCUT2D eigenvalue weighted by Gasteiger charge is 2.20. The van der Waals surface area contributed by atoms with Gasteiger partial charge < -0.3 is 9.47 Å². The van der Waals surface area contributed by atoms with E-state index in [9.17, 15) is 0 Å². The molecule has 22 heavy (non-hydrogen) atoms. The predicted molar refractivity (Wildman–Crippen MR) is 87.4 cm³/mol. The maximum Gasteiger partial charge on any atom is 0.123 e. The van der Waals surface area contributed by atoms with Gasteiger partial charge in [0.05, 0.1) is 11.2 Å². The molecule has 0 atom stereocenters. The first-order valence-corrected chi connectivity index (χ1v) is 7.87. The Morgan fingerprint density at radius 3 is 2.55 bits per heavy atom. The van der Waals surface area contributed by atoms with Crippen LogP contribution in [0.5, 0.6) is 0 Å². The summed E-state index contributed by atoms with van der Waals surface area (Å²) >= 11 is 0. The van der Waals surface area contributed by atoms with Crippen molar-refractivity contribution in [3.63, 3.8) is 0 Å². The third-order valence-electron chi connectivity index (χ3n) is 4.82. The van der Waals surface area contributed by atoms with Gasteiger partial charge in [0.25, 0.3) is 0 Å². The topological polar surface area (TPSA) is 38.9 Å². The highest BCUT2D eigenvalue weighted by Crippen LogP contribution is 2.30. The summed E-state index contributed by atoms with van der Waals surface area (Å²) in [6.45, 7) is 4.55. The van der Waals surface area contributed by atoms with Crippen LogP contribution in [-0.4, -0.2) is 44.4 Å². The minimum atomic E-state index is 0.601. The number of likely N-dealkylation sites (tertiary alicyclic amines) is 1. The Labute approximate surface area is 130 Å². The summed E-state index contributed by atoms with van der Waals surface area (Å²) in [6, 6.07) is 7.20. The fourth-order valence-electron chi connectivity index (χ4n) is 3.48. The summed E-state index contributed by atoms with van der Waals surface area (Å²) in [5.41, 5.74) is 3.78. The van der Waals surface area contributed by atoms with Crippen LogP contribution in [0.25, 0.3) is 16.6 Å². The van der Waals surface area contributed by atoms with Gasteiger partial charge in [0.15, 0.2) is 0 Å². The monoisotopic (exact) mass is 295 g/mol. The second-order valence-corrected chi connectivity index (χ2v) is 6.32. The number of benzene rings is 1. The summed E-state index contributed by atoms with van der Waals surface area (Å²) in [5.74, 6) is 0. The summed E-state index contributed by atoms with van der Waals surface area (Å²) < 4.78 is 4.44. The SMILES string of the molecule is Cc1cn(C2CCN(C)CC2)c2cc(-n3cnnc3)ccc12. The zero-order valence-electron chi connectivity index (χ0n) is 13.1. The van der Waals surface area contributed by atoms with Crippen molar-refractivity contribution in [2.24, 2.45) is 0 Å². The second kappa shape index (κ2) is 5.25. The molecule has 0 N–H and O–H groups in total. The fraction of sp³-hybridized carbons (Fsp3) is 0.412. The molecule has 2 aromatic heterocycles. The van der Waals surface area contributed by atoms with E-state index in [1.54, 1.807) is 12.7 Å². The van der Waals surface area contributed by atoms with Crippen LogP contribution in [0.1, 0.15) is 24.4 Å². The molecule has 5 nitrogen and oxygen atoms in total. The number of hydrogen-bond donors (Lipinski definition) is 0. The zero-order valence-corrected chi connectivity index (χ0v) is 13.1. The van der Waals surface area contributed by atoms with Crippen molar-refractivity contribution < 1.29 is 0 Å². The molecule has 0 spiro atoms. The van der Waals surface area contributed by atoms with E-state index in [4.69, 9.17) is 0 Å². The van der Waals surface area contributed by atoms with Gasteiger partial charge in [0, 0.05) is 17.6 Å². The number of nitrogens with zero attached hydrogens (tertiary/aromatic N) is 5. The van der Waals surface area contributed by atoms with Crippen LogP contribution in [0, 0.1) is 6.92 Å². The third-order valence-corrected chi connectivity index (χ3v) is 4.82. The standard InChI is InChI=1S/C17H21N5/c1-13-10-22(14-5-7-20(2)8-6-14)17-9-15(3-4-16(13)17)21-11-18-19-12-21/h3-4,9-12,14H,5-8H2,1-2H3. The summed E-state index contributed by atoms with van der Waals surface area (Å²) in [7, 11) is 2.21. The Hall–Kier alpha value is -2.14. The molecule has 0 bridgehead atoms. The summed E-state index contributed by atoms with van der Waals surface area (Å²) in [6.07, 6.45) is 8.25. The largest absolute Gasteiger partial charge is 0.344 e. The molecule has 3 heterocycles. The van der Waals surface area contributed by atoms with E-state index >= 15 is 0 Å². The van der Waals surface area contributed by atoms with Crippen LogP contribution in [0.2, 0.25) is 0 Å².